The van der Waals surface area contributed by atoms with Crippen LogP contribution in [0.4, 0.5) is 22.7 Å². The summed E-state index contributed by atoms with van der Waals surface area (Å²) in [6, 6.07) is 44.6. The molecular weight excluding hydrogens is 511 g/mol. The van der Waals surface area contributed by atoms with Crippen LogP contribution in [0, 0.1) is 0 Å². The van der Waals surface area contributed by atoms with Crippen molar-refractivity contribution in [2.75, 3.05) is 10.1 Å². The number of aromatic nitrogens is 2. The summed E-state index contributed by atoms with van der Waals surface area (Å²) in [5.74, 6) is 0.751. The first-order valence-electron chi connectivity index (χ1n) is 14.2. The highest BCUT2D eigenvalue weighted by atomic mass is 15.1. The quantitative estimate of drug-likeness (QED) is 0.207. The summed E-state index contributed by atoms with van der Waals surface area (Å²) in [5, 5.41) is 3.76. The fourth-order valence-electron chi connectivity index (χ4n) is 5.91. The lowest BCUT2D eigenvalue weighted by Gasteiger charge is -2.28. The second-order valence-electron chi connectivity index (χ2n) is 11.1. The van der Waals surface area contributed by atoms with Gasteiger partial charge in [-0.3, -0.25) is 0 Å². The van der Waals surface area contributed by atoms with Crippen LogP contribution >= 0.6 is 0 Å². The highest BCUT2D eigenvalue weighted by Gasteiger charge is 2.36. The summed E-state index contributed by atoms with van der Waals surface area (Å²) in [7, 11) is 2.19. The van der Waals surface area contributed by atoms with E-state index in [9.17, 15) is 0 Å². The molecule has 0 saturated heterocycles. The van der Waals surface area contributed by atoms with E-state index in [-0.39, 0.29) is 5.41 Å². The summed E-state index contributed by atoms with van der Waals surface area (Å²) in [4.78, 5) is 11.2. The molecule has 1 aliphatic carbocycles. The van der Waals surface area contributed by atoms with Crippen molar-refractivity contribution in [3.63, 3.8) is 0 Å². The average molecular weight is 541 g/mol. The zero-order chi connectivity index (χ0) is 28.5. The summed E-state index contributed by atoms with van der Waals surface area (Å²) in [6.07, 6.45) is 3.59. The lowest BCUT2D eigenvalue weighted by atomic mass is 9.79. The molecule has 0 saturated carbocycles. The molecule has 5 aromatic carbocycles. The van der Waals surface area contributed by atoms with Crippen molar-refractivity contribution >= 4 is 35.6 Å². The van der Waals surface area contributed by atoms with Crippen molar-refractivity contribution in [2.45, 2.75) is 19.3 Å². The summed E-state index contributed by atoms with van der Waals surface area (Å²) in [6.45, 7) is 4.61. The first kappa shape index (κ1) is 25.8. The fourth-order valence-corrected chi connectivity index (χ4v) is 5.91. The van der Waals surface area contributed by atoms with Crippen LogP contribution in [0.15, 0.2) is 140 Å². The molecule has 201 valence electrons. The Hall–Kier alpha value is -5.16. The molecular formula is C37H30BN4. The first-order chi connectivity index (χ1) is 20.6. The fraction of sp³-hybridized carbons (Fsp3) is 0.0811. The van der Waals surface area contributed by atoms with Gasteiger partial charge in [0.1, 0.15) is 0 Å². The number of hydrogen-bond acceptors (Lipinski definition) is 4. The molecule has 0 fully saturated rings. The summed E-state index contributed by atoms with van der Waals surface area (Å²) < 4.78 is 0. The van der Waals surface area contributed by atoms with Crippen LogP contribution in [0.2, 0.25) is 0 Å². The van der Waals surface area contributed by atoms with E-state index in [1.54, 1.807) is 12.4 Å². The van der Waals surface area contributed by atoms with E-state index in [0.29, 0.717) is 0 Å². The van der Waals surface area contributed by atoms with Gasteiger partial charge in [0, 0.05) is 34.7 Å². The van der Waals surface area contributed by atoms with Gasteiger partial charge in [-0.1, -0.05) is 98.2 Å². The molecule has 1 radical (unpaired) electrons. The third-order valence-electron chi connectivity index (χ3n) is 8.05. The van der Waals surface area contributed by atoms with Gasteiger partial charge >= 0.3 is 0 Å². The number of nitrogens with zero attached hydrogens (tertiary/aromatic N) is 3. The second kappa shape index (κ2) is 10.7. The standard InChI is InChI=1S/C37H30BN4/c1-37(2)32-24-26(36-39-22-11-23-40-36)18-20-30(32)31-21-19-28(25-33(31)37)41-34-16-9-10-17-35(34)42(29-14-7-4-8-15-29)38-27-12-5-3-6-13-27/h3-25,41H,1-2H3. The zero-order valence-corrected chi connectivity index (χ0v) is 23.7. The smallest absolute Gasteiger partial charge is 0.291 e. The Kier molecular flexibility index (Phi) is 6.56. The van der Waals surface area contributed by atoms with Gasteiger partial charge in [-0.05, 0) is 70.8 Å². The van der Waals surface area contributed by atoms with E-state index in [1.807, 2.05) is 12.1 Å². The van der Waals surface area contributed by atoms with Gasteiger partial charge in [-0.25, -0.2) is 9.97 Å². The Morgan fingerprint density at radius 2 is 1.29 bits per heavy atom. The van der Waals surface area contributed by atoms with Crippen LogP contribution in [0.1, 0.15) is 25.0 Å². The van der Waals surface area contributed by atoms with Gasteiger partial charge in [-0.2, -0.15) is 0 Å². The molecule has 7 rings (SSSR count). The van der Waals surface area contributed by atoms with Gasteiger partial charge in [0.05, 0.1) is 11.4 Å². The Labute approximate surface area is 248 Å². The molecule has 1 aliphatic rings. The molecule has 0 aliphatic heterocycles. The maximum atomic E-state index is 4.48. The third-order valence-corrected chi connectivity index (χ3v) is 8.05. The van der Waals surface area contributed by atoms with Gasteiger partial charge in [0.25, 0.3) is 7.41 Å². The van der Waals surface area contributed by atoms with Crippen LogP contribution in [-0.2, 0) is 5.41 Å². The van der Waals surface area contributed by atoms with Gasteiger partial charge in [0.2, 0.25) is 0 Å². The highest BCUT2D eigenvalue weighted by Crippen LogP contribution is 2.50. The minimum Gasteiger partial charge on any atom is -0.384 e. The molecule has 1 N–H and O–H groups in total. The third kappa shape index (κ3) is 4.73. The average Bonchev–Trinajstić information content (AvgIpc) is 3.27. The predicted octanol–water partition coefficient (Wildman–Crippen LogP) is 8.28. The molecule has 0 spiro atoms. The number of nitrogens with one attached hydrogen (secondary N) is 1. The minimum absolute atomic E-state index is 0.163. The molecule has 0 amide bonds. The molecule has 5 heteroatoms. The van der Waals surface area contributed by atoms with E-state index in [4.69, 9.17) is 0 Å². The molecule has 0 unspecified atom stereocenters. The van der Waals surface area contributed by atoms with Gasteiger partial charge in [-0.15, -0.1) is 0 Å². The zero-order valence-electron chi connectivity index (χ0n) is 23.7. The van der Waals surface area contributed by atoms with Crippen molar-refractivity contribution in [2.24, 2.45) is 0 Å². The molecule has 1 aromatic heterocycles. The van der Waals surface area contributed by atoms with E-state index >= 15 is 0 Å². The second-order valence-corrected chi connectivity index (χ2v) is 11.1. The molecule has 4 nitrogen and oxygen atoms in total. The molecule has 6 aromatic rings. The van der Waals surface area contributed by atoms with Crippen LogP contribution < -0.4 is 15.6 Å². The maximum absolute atomic E-state index is 4.48. The van der Waals surface area contributed by atoms with Crippen molar-refractivity contribution in [3.05, 3.63) is 151 Å². The number of para-hydroxylation sites is 3. The Bertz CT molecular complexity index is 1850. The van der Waals surface area contributed by atoms with E-state index in [2.05, 4.69) is 157 Å². The summed E-state index contributed by atoms with van der Waals surface area (Å²) in [5.41, 5.74) is 11.4. The molecule has 0 bridgehead atoms. The largest absolute Gasteiger partial charge is 0.384 e. The highest BCUT2D eigenvalue weighted by molar-refractivity contribution is 6.59. The molecule has 1 heterocycles. The molecule has 42 heavy (non-hydrogen) atoms. The minimum atomic E-state index is -0.163. The maximum Gasteiger partial charge on any atom is 0.291 e. The van der Waals surface area contributed by atoms with Crippen molar-refractivity contribution < 1.29 is 0 Å². The number of anilines is 4. The van der Waals surface area contributed by atoms with Crippen molar-refractivity contribution in [1.82, 2.24) is 9.97 Å². The normalized spacial score (nSPS) is 12.7. The van der Waals surface area contributed by atoms with Crippen LogP contribution in [-0.4, -0.2) is 17.4 Å². The van der Waals surface area contributed by atoms with Crippen LogP contribution in [0.25, 0.3) is 22.5 Å². The topological polar surface area (TPSA) is 41.0 Å². The molecule has 0 atom stereocenters. The van der Waals surface area contributed by atoms with Crippen LogP contribution in [0.3, 0.4) is 0 Å². The Morgan fingerprint density at radius 3 is 2.05 bits per heavy atom. The number of hydrogen-bond donors (Lipinski definition) is 1. The van der Waals surface area contributed by atoms with Crippen molar-refractivity contribution in [3.8, 4) is 22.5 Å². The van der Waals surface area contributed by atoms with E-state index in [0.717, 1.165) is 39.6 Å². The first-order valence-corrected chi connectivity index (χ1v) is 14.2. The van der Waals surface area contributed by atoms with E-state index in [1.165, 1.54) is 22.3 Å². The van der Waals surface area contributed by atoms with Gasteiger partial charge < -0.3 is 10.1 Å². The van der Waals surface area contributed by atoms with Gasteiger partial charge in [0.15, 0.2) is 5.82 Å². The summed E-state index contributed by atoms with van der Waals surface area (Å²) >= 11 is 0. The number of rotatable bonds is 7. The monoisotopic (exact) mass is 541 g/mol. The van der Waals surface area contributed by atoms with E-state index < -0.39 is 0 Å². The van der Waals surface area contributed by atoms with Crippen LogP contribution in [0.5, 0.6) is 0 Å². The lowest BCUT2D eigenvalue weighted by Crippen LogP contribution is -2.32. The number of benzene rings is 5. The Balaban J connectivity index is 1.24. The lowest BCUT2D eigenvalue weighted by molar-refractivity contribution is 0.661. The number of fused-ring (bicyclic) bond motifs is 3. The Morgan fingerprint density at radius 1 is 0.643 bits per heavy atom. The van der Waals surface area contributed by atoms with Crippen molar-refractivity contribution in [1.29, 1.82) is 0 Å². The predicted molar refractivity (Wildman–Crippen MR) is 175 cm³/mol. The SMILES string of the molecule is CC1(C)c2cc(Nc3ccccc3N([B]c3ccccc3)c3ccccc3)ccc2-c2ccc(-c3ncccn3)cc21.